The van der Waals surface area contributed by atoms with Gasteiger partial charge in [-0.3, -0.25) is 9.78 Å². The standard InChI is InChI=1S/C23H29N7O3S/c1-3-25-21(33)13-9-14(19(32)18(13)31)28-20-17(22-29-15-10-24-8-7-16(15)34-22)11(2)26-23(30-20)27-12-5-4-6-12/h7-8,10,12-14,18-19,31-32H,3-6,9H2,1-2H3,(H,25,33)(H2,26,27,28,30)/t13-,14+,18+,19-/m0/s1. The molecule has 1 amide bonds. The molecule has 0 aliphatic heterocycles. The molecule has 3 heterocycles. The van der Waals surface area contributed by atoms with Crippen molar-refractivity contribution in [2.24, 2.45) is 5.92 Å². The molecular weight excluding hydrogens is 454 g/mol. The number of carbonyl (C=O) groups excluding carboxylic acids is 1. The van der Waals surface area contributed by atoms with Gasteiger partial charge in [-0.2, -0.15) is 4.98 Å². The molecule has 0 radical (unpaired) electrons. The minimum Gasteiger partial charge on any atom is -0.390 e. The van der Waals surface area contributed by atoms with E-state index in [1.165, 1.54) is 17.8 Å². The number of hydrogen-bond acceptors (Lipinski definition) is 10. The first-order valence-electron chi connectivity index (χ1n) is 11.7. The summed E-state index contributed by atoms with van der Waals surface area (Å²) in [5.74, 6) is 0.0852. The maximum atomic E-state index is 12.4. The number of aryl methyl sites for hydroxylation is 1. The molecule has 4 atom stereocenters. The van der Waals surface area contributed by atoms with Crippen LogP contribution < -0.4 is 16.0 Å². The molecule has 2 fully saturated rings. The molecule has 3 aromatic rings. The zero-order valence-electron chi connectivity index (χ0n) is 19.2. The van der Waals surface area contributed by atoms with Crippen molar-refractivity contribution >= 4 is 39.2 Å². The van der Waals surface area contributed by atoms with Gasteiger partial charge in [-0.15, -0.1) is 11.3 Å². The number of aliphatic hydroxyl groups excluding tert-OH is 2. The summed E-state index contributed by atoms with van der Waals surface area (Å²) in [7, 11) is 0. The molecule has 10 nitrogen and oxygen atoms in total. The van der Waals surface area contributed by atoms with Crippen molar-refractivity contribution in [3.8, 4) is 10.6 Å². The number of nitrogens with one attached hydrogen (secondary N) is 3. The van der Waals surface area contributed by atoms with E-state index in [1.807, 2.05) is 19.9 Å². The summed E-state index contributed by atoms with van der Waals surface area (Å²) in [5.41, 5.74) is 2.28. The number of fused-ring (bicyclic) bond motifs is 1. The molecule has 180 valence electrons. The molecular formula is C23H29N7O3S. The van der Waals surface area contributed by atoms with E-state index in [2.05, 4.69) is 20.9 Å². The molecule has 0 aromatic carbocycles. The Morgan fingerprint density at radius 3 is 2.71 bits per heavy atom. The number of aliphatic hydroxyl groups is 2. The zero-order valence-corrected chi connectivity index (χ0v) is 20.0. The predicted octanol–water partition coefficient (Wildman–Crippen LogP) is 2.08. The van der Waals surface area contributed by atoms with Crippen LogP contribution in [0.25, 0.3) is 20.8 Å². The molecule has 0 spiro atoms. The Balaban J connectivity index is 1.50. The number of hydrogen-bond donors (Lipinski definition) is 5. The zero-order chi connectivity index (χ0) is 23.8. The van der Waals surface area contributed by atoms with Crippen LogP contribution in [0.5, 0.6) is 0 Å². The van der Waals surface area contributed by atoms with E-state index in [4.69, 9.17) is 15.0 Å². The van der Waals surface area contributed by atoms with Crippen molar-refractivity contribution < 1.29 is 15.0 Å². The van der Waals surface area contributed by atoms with Crippen molar-refractivity contribution in [3.63, 3.8) is 0 Å². The minimum absolute atomic E-state index is 0.261. The highest BCUT2D eigenvalue weighted by Gasteiger charge is 2.45. The van der Waals surface area contributed by atoms with Gasteiger partial charge in [0.15, 0.2) is 0 Å². The van der Waals surface area contributed by atoms with E-state index in [0.29, 0.717) is 24.4 Å². The quantitative estimate of drug-likeness (QED) is 0.341. The molecule has 0 unspecified atom stereocenters. The number of pyridine rings is 1. The second-order valence-corrected chi connectivity index (χ2v) is 9.99. The summed E-state index contributed by atoms with van der Waals surface area (Å²) in [6.45, 7) is 4.20. The van der Waals surface area contributed by atoms with Crippen LogP contribution in [0.15, 0.2) is 18.5 Å². The van der Waals surface area contributed by atoms with Crippen molar-refractivity contribution in [2.75, 3.05) is 17.2 Å². The highest BCUT2D eigenvalue weighted by molar-refractivity contribution is 7.21. The van der Waals surface area contributed by atoms with Gasteiger partial charge in [0.25, 0.3) is 0 Å². The van der Waals surface area contributed by atoms with Gasteiger partial charge in [0, 0.05) is 18.8 Å². The molecule has 2 aliphatic carbocycles. The van der Waals surface area contributed by atoms with Crippen LogP contribution in [0, 0.1) is 12.8 Å². The number of carbonyl (C=O) groups is 1. The monoisotopic (exact) mass is 483 g/mol. The lowest BCUT2D eigenvalue weighted by molar-refractivity contribution is -0.128. The summed E-state index contributed by atoms with van der Waals surface area (Å²) >= 11 is 1.52. The number of amides is 1. The third-order valence-electron chi connectivity index (χ3n) is 6.62. The Morgan fingerprint density at radius 2 is 2.00 bits per heavy atom. The van der Waals surface area contributed by atoms with Gasteiger partial charge >= 0.3 is 0 Å². The van der Waals surface area contributed by atoms with Crippen LogP contribution in [0.4, 0.5) is 11.8 Å². The third-order valence-corrected chi connectivity index (χ3v) is 7.68. The molecule has 5 N–H and O–H groups in total. The van der Waals surface area contributed by atoms with Crippen LogP contribution in [0.3, 0.4) is 0 Å². The minimum atomic E-state index is -1.16. The number of aromatic nitrogens is 4. The third kappa shape index (κ3) is 4.30. The highest BCUT2D eigenvalue weighted by atomic mass is 32.1. The summed E-state index contributed by atoms with van der Waals surface area (Å²) in [5, 5.41) is 31.5. The summed E-state index contributed by atoms with van der Waals surface area (Å²) in [6, 6.07) is 1.72. The maximum absolute atomic E-state index is 12.4. The molecule has 2 aliphatic rings. The smallest absolute Gasteiger partial charge is 0.225 e. The Labute approximate surface area is 201 Å². The van der Waals surface area contributed by atoms with Crippen LogP contribution in [-0.2, 0) is 4.79 Å². The van der Waals surface area contributed by atoms with E-state index in [0.717, 1.165) is 39.3 Å². The van der Waals surface area contributed by atoms with Gasteiger partial charge in [-0.1, -0.05) is 0 Å². The summed E-state index contributed by atoms with van der Waals surface area (Å²) in [4.78, 5) is 30.7. The lowest BCUT2D eigenvalue weighted by Crippen LogP contribution is -2.39. The van der Waals surface area contributed by atoms with Gasteiger partial charge in [0.05, 0.1) is 40.2 Å². The Bertz CT molecular complexity index is 1170. The number of rotatable bonds is 7. The Kier molecular flexibility index (Phi) is 6.32. The number of nitrogens with zero attached hydrogens (tertiary/aromatic N) is 4. The maximum Gasteiger partial charge on any atom is 0.225 e. The average molecular weight is 484 g/mol. The van der Waals surface area contributed by atoms with Crippen molar-refractivity contribution in [1.82, 2.24) is 25.3 Å². The van der Waals surface area contributed by atoms with Crippen LogP contribution in [-0.4, -0.2) is 66.9 Å². The van der Waals surface area contributed by atoms with Crippen LogP contribution >= 0.6 is 11.3 Å². The highest BCUT2D eigenvalue weighted by Crippen LogP contribution is 2.38. The average Bonchev–Trinajstić information content (AvgIpc) is 3.32. The SMILES string of the molecule is CCNC(=O)[C@H]1C[C@@H](Nc2nc(NC3CCC3)nc(C)c2-c2nc3cnccc3s2)[C@H](O)[C@@H]1O. The van der Waals surface area contributed by atoms with E-state index in [1.54, 1.807) is 12.4 Å². The molecule has 3 aromatic heterocycles. The van der Waals surface area contributed by atoms with Crippen molar-refractivity contribution in [2.45, 2.75) is 63.8 Å². The molecule has 2 saturated carbocycles. The predicted molar refractivity (Wildman–Crippen MR) is 131 cm³/mol. The molecule has 34 heavy (non-hydrogen) atoms. The molecule has 11 heteroatoms. The van der Waals surface area contributed by atoms with E-state index in [-0.39, 0.29) is 12.3 Å². The lowest BCUT2D eigenvalue weighted by Gasteiger charge is -2.27. The first kappa shape index (κ1) is 22.9. The second-order valence-electron chi connectivity index (χ2n) is 8.96. The lowest BCUT2D eigenvalue weighted by atomic mass is 9.93. The molecule has 5 rings (SSSR count). The molecule has 0 saturated heterocycles. The Morgan fingerprint density at radius 1 is 1.18 bits per heavy atom. The fourth-order valence-electron chi connectivity index (χ4n) is 4.54. The van der Waals surface area contributed by atoms with Crippen LogP contribution in [0.1, 0.15) is 38.3 Å². The van der Waals surface area contributed by atoms with Gasteiger partial charge in [-0.05, 0) is 45.6 Å². The normalized spacial score (nSPS) is 24.7. The topological polar surface area (TPSA) is 145 Å². The van der Waals surface area contributed by atoms with E-state index in [9.17, 15) is 15.0 Å². The fraction of sp³-hybridized carbons (Fsp3) is 0.522. The van der Waals surface area contributed by atoms with Gasteiger partial charge in [-0.25, -0.2) is 9.97 Å². The second kappa shape index (κ2) is 9.40. The van der Waals surface area contributed by atoms with Crippen molar-refractivity contribution in [3.05, 3.63) is 24.2 Å². The van der Waals surface area contributed by atoms with Gasteiger partial charge in [0.1, 0.15) is 22.4 Å². The Hall–Kier alpha value is -2.89. The van der Waals surface area contributed by atoms with Crippen LogP contribution in [0.2, 0.25) is 0 Å². The number of anilines is 2. The first-order valence-corrected chi connectivity index (χ1v) is 12.5. The largest absolute Gasteiger partial charge is 0.390 e. The van der Waals surface area contributed by atoms with E-state index < -0.39 is 24.2 Å². The summed E-state index contributed by atoms with van der Waals surface area (Å²) < 4.78 is 1.000. The number of thiazole rings is 1. The first-order chi connectivity index (χ1) is 16.4. The van der Waals surface area contributed by atoms with E-state index >= 15 is 0 Å². The molecule has 0 bridgehead atoms. The van der Waals surface area contributed by atoms with Gasteiger partial charge < -0.3 is 26.2 Å². The summed E-state index contributed by atoms with van der Waals surface area (Å²) in [6.07, 6.45) is 4.82. The van der Waals surface area contributed by atoms with Crippen molar-refractivity contribution in [1.29, 1.82) is 0 Å². The fourth-order valence-corrected chi connectivity index (χ4v) is 5.57. The van der Waals surface area contributed by atoms with Gasteiger partial charge in [0.2, 0.25) is 11.9 Å².